The van der Waals surface area contributed by atoms with Crippen LogP contribution in [0, 0.1) is 13.8 Å². The Kier molecular flexibility index (Phi) is 3.85. The van der Waals surface area contributed by atoms with Gasteiger partial charge >= 0.3 is 0 Å². The first-order valence-electron chi connectivity index (χ1n) is 7.30. The maximum Gasteiger partial charge on any atom is 0.255 e. The van der Waals surface area contributed by atoms with Gasteiger partial charge in [-0.25, -0.2) is 0 Å². The van der Waals surface area contributed by atoms with Gasteiger partial charge in [0.15, 0.2) is 0 Å². The van der Waals surface area contributed by atoms with Gasteiger partial charge < -0.3 is 14.9 Å². The Hall–Kier alpha value is -3.08. The van der Waals surface area contributed by atoms with E-state index in [2.05, 4.69) is 27.0 Å². The van der Waals surface area contributed by atoms with E-state index >= 15 is 0 Å². The van der Waals surface area contributed by atoms with E-state index in [0.29, 0.717) is 5.56 Å². The monoisotopic (exact) mass is 307 g/mol. The van der Waals surface area contributed by atoms with Gasteiger partial charge in [0.1, 0.15) is 5.69 Å². The van der Waals surface area contributed by atoms with E-state index in [9.17, 15) is 9.59 Å². The quantitative estimate of drug-likeness (QED) is 0.781. The summed E-state index contributed by atoms with van der Waals surface area (Å²) in [6.45, 7) is 4.07. The number of aromatic amines is 1. The summed E-state index contributed by atoms with van der Waals surface area (Å²) in [4.78, 5) is 26.6. The predicted octanol–water partition coefficient (Wildman–Crippen LogP) is 3.03. The largest absolute Gasteiger partial charge is 0.366 e. The fraction of sp³-hybridized carbons (Fsp3) is 0.111. The van der Waals surface area contributed by atoms with Crippen molar-refractivity contribution in [3.8, 4) is 5.69 Å². The third-order valence-electron chi connectivity index (χ3n) is 3.73. The van der Waals surface area contributed by atoms with Gasteiger partial charge in [-0.2, -0.15) is 0 Å². The molecule has 1 amide bonds. The van der Waals surface area contributed by atoms with Crippen LogP contribution in [0.2, 0.25) is 0 Å². The Morgan fingerprint density at radius 3 is 2.26 bits per heavy atom. The SMILES string of the molecule is Cc1ccc(C)n1-c1ccc(C(=O)Nc2c[nH]ccc2=O)cc1. The number of pyridine rings is 1. The molecule has 0 spiro atoms. The summed E-state index contributed by atoms with van der Waals surface area (Å²) in [7, 11) is 0. The third-order valence-corrected chi connectivity index (χ3v) is 3.73. The zero-order valence-electron chi connectivity index (χ0n) is 13.0. The third kappa shape index (κ3) is 2.94. The Morgan fingerprint density at radius 2 is 1.65 bits per heavy atom. The molecular weight excluding hydrogens is 290 g/mol. The molecule has 5 nitrogen and oxygen atoms in total. The number of carbonyl (C=O) groups excluding carboxylic acids is 1. The van der Waals surface area contributed by atoms with Crippen LogP contribution >= 0.6 is 0 Å². The average molecular weight is 307 g/mol. The van der Waals surface area contributed by atoms with Crippen molar-refractivity contribution in [2.75, 3.05) is 5.32 Å². The lowest BCUT2D eigenvalue weighted by atomic mass is 10.2. The van der Waals surface area contributed by atoms with E-state index in [0.717, 1.165) is 17.1 Å². The summed E-state index contributed by atoms with van der Waals surface area (Å²) in [5, 5.41) is 2.61. The van der Waals surface area contributed by atoms with Gasteiger partial charge in [0.05, 0.1) is 0 Å². The lowest BCUT2D eigenvalue weighted by Crippen LogP contribution is -2.18. The van der Waals surface area contributed by atoms with Crippen molar-refractivity contribution in [1.82, 2.24) is 9.55 Å². The van der Waals surface area contributed by atoms with E-state index in [4.69, 9.17) is 0 Å². The molecular formula is C18H17N3O2. The van der Waals surface area contributed by atoms with Crippen molar-refractivity contribution in [3.05, 3.63) is 82.0 Å². The number of aryl methyl sites for hydroxylation is 2. The van der Waals surface area contributed by atoms with E-state index in [-0.39, 0.29) is 17.0 Å². The fourth-order valence-corrected chi connectivity index (χ4v) is 2.55. The Balaban J connectivity index is 1.84. The molecule has 0 atom stereocenters. The Morgan fingerprint density at radius 1 is 1.00 bits per heavy atom. The number of amides is 1. The topological polar surface area (TPSA) is 66.9 Å². The number of nitrogens with zero attached hydrogens (tertiary/aromatic N) is 1. The fourth-order valence-electron chi connectivity index (χ4n) is 2.55. The maximum atomic E-state index is 12.2. The van der Waals surface area contributed by atoms with Gasteiger partial charge in [-0.1, -0.05) is 0 Å². The van der Waals surface area contributed by atoms with Gasteiger partial charge in [0, 0.05) is 41.1 Å². The first-order valence-corrected chi connectivity index (χ1v) is 7.30. The molecule has 116 valence electrons. The standard InChI is InChI=1S/C18H17N3O2/c1-12-3-4-13(2)21(12)15-7-5-14(6-8-15)18(23)20-16-11-19-10-9-17(16)22/h3-11H,1-2H3,(H,19,22)(H,20,23). The molecule has 2 aromatic heterocycles. The number of hydrogen-bond acceptors (Lipinski definition) is 2. The number of benzene rings is 1. The molecule has 0 bridgehead atoms. The van der Waals surface area contributed by atoms with Crippen LogP contribution in [0.1, 0.15) is 21.7 Å². The first kappa shape index (κ1) is 14.8. The molecule has 0 radical (unpaired) electrons. The molecule has 0 unspecified atom stereocenters. The summed E-state index contributed by atoms with van der Waals surface area (Å²) in [6.07, 6.45) is 3.00. The normalized spacial score (nSPS) is 10.5. The zero-order chi connectivity index (χ0) is 16.4. The summed E-state index contributed by atoms with van der Waals surface area (Å²) < 4.78 is 2.11. The van der Waals surface area contributed by atoms with E-state index < -0.39 is 0 Å². The molecule has 0 saturated carbocycles. The smallest absolute Gasteiger partial charge is 0.255 e. The minimum Gasteiger partial charge on any atom is -0.366 e. The molecule has 23 heavy (non-hydrogen) atoms. The molecule has 0 saturated heterocycles. The highest BCUT2D eigenvalue weighted by Crippen LogP contribution is 2.17. The predicted molar refractivity (Wildman–Crippen MR) is 90.3 cm³/mol. The first-order chi connectivity index (χ1) is 11.1. The van der Waals surface area contributed by atoms with Crippen LogP contribution in [0.4, 0.5) is 5.69 Å². The number of hydrogen-bond donors (Lipinski definition) is 2. The van der Waals surface area contributed by atoms with Gasteiger partial charge in [0.25, 0.3) is 5.91 Å². The van der Waals surface area contributed by atoms with Gasteiger partial charge in [-0.3, -0.25) is 9.59 Å². The molecule has 3 rings (SSSR count). The molecule has 5 heteroatoms. The van der Waals surface area contributed by atoms with Crippen molar-refractivity contribution in [2.24, 2.45) is 0 Å². The van der Waals surface area contributed by atoms with Crippen LogP contribution < -0.4 is 10.7 Å². The van der Waals surface area contributed by atoms with E-state index in [1.165, 1.54) is 18.5 Å². The molecule has 0 aliphatic heterocycles. The number of H-pyrrole nitrogens is 1. The number of nitrogens with one attached hydrogen (secondary N) is 2. The van der Waals surface area contributed by atoms with Gasteiger partial charge in [-0.15, -0.1) is 0 Å². The number of rotatable bonds is 3. The lowest BCUT2D eigenvalue weighted by molar-refractivity contribution is 0.102. The highest BCUT2D eigenvalue weighted by Gasteiger charge is 2.09. The van der Waals surface area contributed by atoms with Crippen LogP contribution in [-0.4, -0.2) is 15.5 Å². The molecule has 2 heterocycles. The molecule has 1 aromatic carbocycles. The highest BCUT2D eigenvalue weighted by atomic mass is 16.2. The zero-order valence-corrected chi connectivity index (χ0v) is 13.0. The van der Waals surface area contributed by atoms with Gasteiger partial charge in [0.2, 0.25) is 5.43 Å². The van der Waals surface area contributed by atoms with Crippen molar-refractivity contribution in [2.45, 2.75) is 13.8 Å². The Bertz CT molecular complexity index is 885. The molecule has 3 aromatic rings. The second kappa shape index (κ2) is 5.96. The second-order valence-electron chi connectivity index (χ2n) is 5.37. The van der Waals surface area contributed by atoms with E-state index in [1.54, 1.807) is 12.1 Å². The Labute approximate surface area is 133 Å². The number of carbonyl (C=O) groups is 1. The summed E-state index contributed by atoms with van der Waals surface area (Å²) in [5.74, 6) is -0.311. The minimum atomic E-state index is -0.311. The molecule has 0 fully saturated rings. The minimum absolute atomic E-state index is 0.229. The number of anilines is 1. The summed E-state index contributed by atoms with van der Waals surface area (Å²) >= 11 is 0. The van der Waals surface area contributed by atoms with Gasteiger partial charge in [-0.05, 0) is 50.2 Å². The van der Waals surface area contributed by atoms with Crippen LogP contribution in [0.3, 0.4) is 0 Å². The molecule has 0 aliphatic carbocycles. The number of aromatic nitrogens is 2. The van der Waals surface area contributed by atoms with Crippen molar-refractivity contribution in [1.29, 1.82) is 0 Å². The van der Waals surface area contributed by atoms with E-state index in [1.807, 2.05) is 26.0 Å². The maximum absolute atomic E-state index is 12.2. The average Bonchev–Trinajstić information content (AvgIpc) is 2.88. The highest BCUT2D eigenvalue weighted by molar-refractivity contribution is 6.04. The van der Waals surface area contributed by atoms with Crippen LogP contribution in [0.5, 0.6) is 0 Å². The van der Waals surface area contributed by atoms with Crippen molar-refractivity contribution in [3.63, 3.8) is 0 Å². The van der Waals surface area contributed by atoms with Crippen LogP contribution in [0.15, 0.2) is 59.7 Å². The molecule has 0 aliphatic rings. The lowest BCUT2D eigenvalue weighted by Gasteiger charge is -2.10. The van der Waals surface area contributed by atoms with Crippen molar-refractivity contribution < 1.29 is 4.79 Å². The van der Waals surface area contributed by atoms with Crippen LogP contribution in [-0.2, 0) is 0 Å². The summed E-state index contributed by atoms with van der Waals surface area (Å²) in [5.41, 5.74) is 3.77. The van der Waals surface area contributed by atoms with Crippen molar-refractivity contribution >= 4 is 11.6 Å². The second-order valence-corrected chi connectivity index (χ2v) is 5.37. The summed E-state index contributed by atoms with van der Waals surface area (Å²) in [6, 6.07) is 12.8. The molecule has 2 N–H and O–H groups in total. The van der Waals surface area contributed by atoms with Crippen LogP contribution in [0.25, 0.3) is 5.69 Å².